The minimum atomic E-state index is -0.0976. The van der Waals surface area contributed by atoms with Crippen molar-refractivity contribution >= 4 is 23.2 Å². The van der Waals surface area contributed by atoms with Crippen LogP contribution in [0.3, 0.4) is 0 Å². The summed E-state index contributed by atoms with van der Waals surface area (Å²) in [5, 5.41) is 3.00. The van der Waals surface area contributed by atoms with Crippen molar-refractivity contribution in [3.63, 3.8) is 0 Å². The maximum absolute atomic E-state index is 12.2. The number of nitrogens with zero attached hydrogens (tertiary/aromatic N) is 1. The highest BCUT2D eigenvalue weighted by molar-refractivity contribution is 7.11. The second-order valence-corrected chi connectivity index (χ2v) is 6.99. The van der Waals surface area contributed by atoms with Gasteiger partial charge in [0.25, 0.3) is 0 Å². The summed E-state index contributed by atoms with van der Waals surface area (Å²) in [7, 11) is 1.62. The van der Waals surface area contributed by atoms with Gasteiger partial charge in [-0.15, -0.1) is 11.3 Å². The zero-order valence-corrected chi connectivity index (χ0v) is 14.1. The van der Waals surface area contributed by atoms with Gasteiger partial charge in [-0.2, -0.15) is 0 Å². The fourth-order valence-corrected chi connectivity index (χ4v) is 3.51. The first kappa shape index (κ1) is 17.0. The van der Waals surface area contributed by atoms with E-state index in [9.17, 15) is 9.59 Å². The number of ether oxygens (including phenoxy) is 1. The maximum atomic E-state index is 12.2. The van der Waals surface area contributed by atoms with Crippen LogP contribution in [0, 0.1) is 12.8 Å². The zero-order chi connectivity index (χ0) is 15.9. The molecule has 1 fully saturated rings. The summed E-state index contributed by atoms with van der Waals surface area (Å²) in [4.78, 5) is 28.4. The predicted octanol–water partition coefficient (Wildman–Crippen LogP) is 1.60. The quantitative estimate of drug-likeness (QED) is 0.829. The topological polar surface area (TPSA) is 58.6 Å². The van der Waals surface area contributed by atoms with E-state index < -0.39 is 0 Å². The Morgan fingerprint density at radius 2 is 2.32 bits per heavy atom. The summed E-state index contributed by atoms with van der Waals surface area (Å²) < 4.78 is 5.01. The third-order valence-electron chi connectivity index (χ3n) is 3.90. The van der Waals surface area contributed by atoms with Crippen LogP contribution in [0.1, 0.15) is 22.6 Å². The molecule has 1 aliphatic rings. The molecule has 1 aliphatic heterocycles. The second-order valence-electron chi connectivity index (χ2n) is 5.62. The normalized spacial score (nSPS) is 18.5. The molecule has 1 aromatic heterocycles. The number of carbonyl (C=O) groups excluding carboxylic acids is 2. The Labute approximate surface area is 135 Å². The lowest BCUT2D eigenvalue weighted by atomic mass is 9.96. The molecule has 6 heteroatoms. The summed E-state index contributed by atoms with van der Waals surface area (Å²) in [6.45, 7) is 4.32. The Morgan fingerprint density at radius 3 is 3.00 bits per heavy atom. The van der Waals surface area contributed by atoms with E-state index in [4.69, 9.17) is 4.74 Å². The monoisotopic (exact) mass is 324 g/mol. The van der Waals surface area contributed by atoms with E-state index >= 15 is 0 Å². The molecule has 122 valence electrons. The Hall–Kier alpha value is -1.40. The molecule has 5 nitrogen and oxygen atoms in total. The number of carbonyl (C=O) groups is 2. The standard InChI is InChI=1S/C16H24N2O3S/c1-12-3-5-14(22-12)7-8-17-16(20)13-4-6-15(19)18(11-13)9-10-21-2/h3,5,13H,4,6-11H2,1-2H3,(H,17,20). The lowest BCUT2D eigenvalue weighted by Crippen LogP contribution is -2.47. The lowest BCUT2D eigenvalue weighted by molar-refractivity contribution is -0.138. The van der Waals surface area contributed by atoms with Gasteiger partial charge in [-0.3, -0.25) is 9.59 Å². The first-order valence-electron chi connectivity index (χ1n) is 7.70. The van der Waals surface area contributed by atoms with Gasteiger partial charge in [0.05, 0.1) is 12.5 Å². The third kappa shape index (κ3) is 4.81. The number of methoxy groups -OCH3 is 1. The molecule has 22 heavy (non-hydrogen) atoms. The van der Waals surface area contributed by atoms with Crippen LogP contribution in [0.4, 0.5) is 0 Å². The van der Waals surface area contributed by atoms with Crippen LogP contribution >= 0.6 is 11.3 Å². The van der Waals surface area contributed by atoms with Gasteiger partial charge in [0.15, 0.2) is 0 Å². The first-order chi connectivity index (χ1) is 10.6. The largest absolute Gasteiger partial charge is 0.383 e. The van der Waals surface area contributed by atoms with Gasteiger partial charge in [-0.1, -0.05) is 0 Å². The van der Waals surface area contributed by atoms with Crippen LogP contribution in [0.2, 0.25) is 0 Å². The SMILES string of the molecule is COCCN1CC(C(=O)NCCc2ccc(C)s2)CCC1=O. The molecule has 1 saturated heterocycles. The summed E-state index contributed by atoms with van der Waals surface area (Å²) in [6, 6.07) is 4.21. The van der Waals surface area contributed by atoms with Crippen molar-refractivity contribution in [3.05, 3.63) is 21.9 Å². The molecule has 0 radical (unpaired) electrons. The molecule has 1 N–H and O–H groups in total. The molecule has 1 atom stereocenters. The highest BCUT2D eigenvalue weighted by Crippen LogP contribution is 2.18. The smallest absolute Gasteiger partial charge is 0.224 e. The summed E-state index contributed by atoms with van der Waals surface area (Å²) in [5.74, 6) is 0.0815. The maximum Gasteiger partial charge on any atom is 0.224 e. The number of likely N-dealkylation sites (tertiary alicyclic amines) is 1. The number of thiophene rings is 1. The minimum Gasteiger partial charge on any atom is -0.383 e. The Bertz CT molecular complexity index is 515. The van der Waals surface area contributed by atoms with Gasteiger partial charge in [-0.05, 0) is 31.9 Å². The number of piperidine rings is 1. The molecule has 2 amide bonds. The number of hydrogen-bond donors (Lipinski definition) is 1. The molecular weight excluding hydrogens is 300 g/mol. The predicted molar refractivity (Wildman–Crippen MR) is 86.9 cm³/mol. The van der Waals surface area contributed by atoms with E-state index in [1.807, 2.05) is 0 Å². The Kier molecular flexibility index (Phi) is 6.39. The molecule has 1 aromatic rings. The molecule has 1 unspecified atom stereocenters. The summed E-state index contributed by atoms with van der Waals surface area (Å²) in [5.41, 5.74) is 0. The fourth-order valence-electron chi connectivity index (χ4n) is 2.62. The van der Waals surface area contributed by atoms with E-state index in [1.165, 1.54) is 9.75 Å². The van der Waals surface area contributed by atoms with Crippen molar-refractivity contribution in [2.75, 3.05) is 33.4 Å². The highest BCUT2D eigenvalue weighted by atomic mass is 32.1. The number of amides is 2. The van der Waals surface area contributed by atoms with Crippen LogP contribution in [-0.4, -0.2) is 50.1 Å². The number of hydrogen-bond acceptors (Lipinski definition) is 4. The van der Waals surface area contributed by atoms with Gasteiger partial charge in [0.2, 0.25) is 11.8 Å². The van der Waals surface area contributed by atoms with E-state index in [2.05, 4.69) is 24.4 Å². The van der Waals surface area contributed by atoms with Gasteiger partial charge in [0.1, 0.15) is 0 Å². The van der Waals surface area contributed by atoms with Crippen LogP contribution in [0.5, 0.6) is 0 Å². The van der Waals surface area contributed by atoms with Gasteiger partial charge in [-0.25, -0.2) is 0 Å². The molecule has 0 aliphatic carbocycles. The third-order valence-corrected chi connectivity index (χ3v) is 4.96. The zero-order valence-electron chi connectivity index (χ0n) is 13.3. The van der Waals surface area contributed by atoms with E-state index in [-0.39, 0.29) is 17.7 Å². The number of nitrogens with one attached hydrogen (secondary N) is 1. The molecule has 2 rings (SSSR count). The van der Waals surface area contributed by atoms with Crippen LogP contribution in [0.15, 0.2) is 12.1 Å². The van der Waals surface area contributed by atoms with E-state index in [0.717, 1.165) is 6.42 Å². The van der Waals surface area contributed by atoms with E-state index in [0.29, 0.717) is 39.1 Å². The van der Waals surface area contributed by atoms with Crippen LogP contribution in [0.25, 0.3) is 0 Å². The van der Waals surface area contributed by atoms with E-state index in [1.54, 1.807) is 23.3 Å². The molecule has 0 spiro atoms. The van der Waals surface area contributed by atoms with Crippen LogP contribution < -0.4 is 5.32 Å². The average Bonchev–Trinajstić information content (AvgIpc) is 2.92. The summed E-state index contributed by atoms with van der Waals surface area (Å²) in [6.07, 6.45) is 1.96. The Balaban J connectivity index is 1.75. The second kappa shape index (κ2) is 8.29. The van der Waals surface area contributed by atoms with Gasteiger partial charge >= 0.3 is 0 Å². The molecule has 2 heterocycles. The lowest BCUT2D eigenvalue weighted by Gasteiger charge is -2.31. The van der Waals surface area contributed by atoms with Crippen molar-refractivity contribution in [1.29, 1.82) is 0 Å². The van der Waals surface area contributed by atoms with Crippen molar-refractivity contribution in [2.24, 2.45) is 5.92 Å². The van der Waals surface area contributed by atoms with Crippen molar-refractivity contribution in [3.8, 4) is 0 Å². The molecule has 0 aromatic carbocycles. The molecular formula is C16H24N2O3S. The molecule has 0 saturated carbocycles. The van der Waals surface area contributed by atoms with Crippen LogP contribution in [-0.2, 0) is 20.7 Å². The van der Waals surface area contributed by atoms with Gasteiger partial charge < -0.3 is 15.0 Å². The first-order valence-corrected chi connectivity index (χ1v) is 8.51. The molecule has 0 bridgehead atoms. The van der Waals surface area contributed by atoms with Gasteiger partial charge in [0, 0.05) is 42.9 Å². The van der Waals surface area contributed by atoms with Crippen molar-refractivity contribution in [1.82, 2.24) is 10.2 Å². The van der Waals surface area contributed by atoms with Crippen molar-refractivity contribution < 1.29 is 14.3 Å². The number of rotatable bonds is 7. The summed E-state index contributed by atoms with van der Waals surface area (Å²) >= 11 is 1.77. The fraction of sp³-hybridized carbons (Fsp3) is 0.625. The minimum absolute atomic E-state index is 0.0585. The number of aryl methyl sites for hydroxylation is 1. The van der Waals surface area contributed by atoms with Crippen molar-refractivity contribution in [2.45, 2.75) is 26.2 Å². The Morgan fingerprint density at radius 1 is 1.50 bits per heavy atom. The average molecular weight is 324 g/mol. The highest BCUT2D eigenvalue weighted by Gasteiger charge is 2.29.